The van der Waals surface area contributed by atoms with E-state index >= 15 is 0 Å². The zero-order valence-corrected chi connectivity index (χ0v) is 12.6. The number of hydrogen-bond donors (Lipinski definition) is 2. The molecule has 0 heterocycles. The molecule has 0 aromatic heterocycles. The molecular formula is C15H14BrF3N2. The van der Waals surface area contributed by atoms with Crippen molar-refractivity contribution in [3.8, 4) is 0 Å². The van der Waals surface area contributed by atoms with E-state index in [-0.39, 0.29) is 11.9 Å². The predicted molar refractivity (Wildman–Crippen MR) is 79.0 cm³/mol. The zero-order chi connectivity index (χ0) is 15.4. The molecule has 1 unspecified atom stereocenters. The van der Waals surface area contributed by atoms with Crippen LogP contribution in [0.1, 0.15) is 11.1 Å². The molecular weight excluding hydrogens is 345 g/mol. The SMILES string of the molecule is NNC(Cc1cc(F)cc(Br)c1)Cc1ccc(F)c(F)c1. The van der Waals surface area contributed by atoms with E-state index in [1.54, 1.807) is 6.07 Å². The van der Waals surface area contributed by atoms with E-state index in [4.69, 9.17) is 5.84 Å². The van der Waals surface area contributed by atoms with Gasteiger partial charge in [0.1, 0.15) is 5.82 Å². The molecule has 21 heavy (non-hydrogen) atoms. The van der Waals surface area contributed by atoms with Gasteiger partial charge in [0, 0.05) is 10.5 Å². The Morgan fingerprint density at radius 1 is 0.952 bits per heavy atom. The van der Waals surface area contributed by atoms with E-state index in [0.29, 0.717) is 22.9 Å². The molecule has 2 rings (SSSR count). The van der Waals surface area contributed by atoms with Gasteiger partial charge in [-0.05, 0) is 54.3 Å². The molecule has 6 heteroatoms. The molecule has 0 fully saturated rings. The van der Waals surface area contributed by atoms with Crippen LogP contribution in [0, 0.1) is 17.5 Å². The predicted octanol–water partition coefficient (Wildman–Crippen LogP) is 3.48. The number of hydrazine groups is 1. The highest BCUT2D eigenvalue weighted by Crippen LogP contribution is 2.18. The number of benzene rings is 2. The summed E-state index contributed by atoms with van der Waals surface area (Å²) in [6.45, 7) is 0. The second kappa shape index (κ2) is 7.06. The Hall–Kier alpha value is -1.37. The van der Waals surface area contributed by atoms with Crippen LogP contribution in [0.5, 0.6) is 0 Å². The Labute approximate surface area is 129 Å². The first-order valence-corrected chi connectivity index (χ1v) is 7.12. The minimum absolute atomic E-state index is 0.219. The van der Waals surface area contributed by atoms with Gasteiger partial charge < -0.3 is 0 Å². The summed E-state index contributed by atoms with van der Waals surface area (Å²) in [7, 11) is 0. The van der Waals surface area contributed by atoms with Crippen molar-refractivity contribution in [1.82, 2.24) is 5.43 Å². The number of nitrogens with two attached hydrogens (primary N) is 1. The lowest BCUT2D eigenvalue weighted by atomic mass is 9.99. The summed E-state index contributed by atoms with van der Waals surface area (Å²) in [4.78, 5) is 0. The van der Waals surface area contributed by atoms with Crippen LogP contribution >= 0.6 is 15.9 Å². The Balaban J connectivity index is 2.10. The number of nitrogens with one attached hydrogen (secondary N) is 1. The fourth-order valence-corrected chi connectivity index (χ4v) is 2.67. The molecule has 1 atom stereocenters. The van der Waals surface area contributed by atoms with Crippen molar-refractivity contribution in [1.29, 1.82) is 0 Å². The van der Waals surface area contributed by atoms with Gasteiger partial charge in [0.15, 0.2) is 11.6 Å². The lowest BCUT2D eigenvalue weighted by molar-refractivity contribution is 0.497. The molecule has 2 aromatic carbocycles. The molecule has 0 amide bonds. The standard InChI is InChI=1S/C15H14BrF3N2/c16-11-3-10(4-12(17)8-11)6-13(21-20)5-9-1-2-14(18)15(19)7-9/h1-4,7-8,13,21H,5-6,20H2. The fourth-order valence-electron chi connectivity index (χ4n) is 2.15. The monoisotopic (exact) mass is 358 g/mol. The van der Waals surface area contributed by atoms with E-state index in [1.807, 2.05) is 0 Å². The maximum absolute atomic E-state index is 13.3. The highest BCUT2D eigenvalue weighted by Gasteiger charge is 2.12. The molecule has 0 bridgehead atoms. The molecule has 0 spiro atoms. The van der Waals surface area contributed by atoms with E-state index < -0.39 is 11.6 Å². The number of rotatable bonds is 5. The third kappa shape index (κ3) is 4.56. The van der Waals surface area contributed by atoms with Crippen LogP contribution in [0.3, 0.4) is 0 Å². The van der Waals surface area contributed by atoms with Crippen LogP contribution in [0.15, 0.2) is 40.9 Å². The number of hydrogen-bond acceptors (Lipinski definition) is 2. The maximum atomic E-state index is 13.3. The summed E-state index contributed by atoms with van der Waals surface area (Å²) < 4.78 is 40.0. The second-order valence-corrected chi connectivity index (χ2v) is 5.71. The van der Waals surface area contributed by atoms with Crippen LogP contribution in [0.4, 0.5) is 13.2 Å². The lowest BCUT2D eigenvalue weighted by Gasteiger charge is -2.16. The topological polar surface area (TPSA) is 38.0 Å². The second-order valence-electron chi connectivity index (χ2n) is 4.80. The van der Waals surface area contributed by atoms with Crippen molar-refractivity contribution in [3.63, 3.8) is 0 Å². The van der Waals surface area contributed by atoms with Crippen molar-refractivity contribution in [2.24, 2.45) is 5.84 Å². The minimum Gasteiger partial charge on any atom is -0.271 e. The molecule has 0 saturated carbocycles. The van der Waals surface area contributed by atoms with Crippen molar-refractivity contribution in [2.75, 3.05) is 0 Å². The first-order chi connectivity index (χ1) is 9.97. The van der Waals surface area contributed by atoms with Crippen LogP contribution in [0.2, 0.25) is 0 Å². The summed E-state index contributed by atoms with van der Waals surface area (Å²) in [5.74, 6) is 3.37. The molecule has 3 N–H and O–H groups in total. The summed E-state index contributed by atoms with van der Waals surface area (Å²) >= 11 is 3.23. The molecule has 2 aromatic rings. The largest absolute Gasteiger partial charge is 0.271 e. The summed E-state index contributed by atoms with van der Waals surface area (Å²) in [5.41, 5.74) is 3.99. The van der Waals surface area contributed by atoms with E-state index in [2.05, 4.69) is 21.4 Å². The van der Waals surface area contributed by atoms with Gasteiger partial charge in [-0.15, -0.1) is 0 Å². The van der Waals surface area contributed by atoms with Crippen LogP contribution in [0.25, 0.3) is 0 Å². The summed E-state index contributed by atoms with van der Waals surface area (Å²) in [5, 5.41) is 0. The van der Waals surface area contributed by atoms with E-state index in [1.165, 1.54) is 18.2 Å². The van der Waals surface area contributed by atoms with E-state index in [9.17, 15) is 13.2 Å². The van der Waals surface area contributed by atoms with Gasteiger partial charge in [-0.25, -0.2) is 13.2 Å². The molecule has 0 aliphatic rings. The maximum Gasteiger partial charge on any atom is 0.159 e. The van der Waals surface area contributed by atoms with Gasteiger partial charge in [-0.3, -0.25) is 11.3 Å². The van der Waals surface area contributed by atoms with Gasteiger partial charge in [0.2, 0.25) is 0 Å². The van der Waals surface area contributed by atoms with Crippen molar-refractivity contribution in [3.05, 3.63) is 69.4 Å². The normalized spacial score (nSPS) is 12.4. The van der Waals surface area contributed by atoms with Crippen molar-refractivity contribution in [2.45, 2.75) is 18.9 Å². The van der Waals surface area contributed by atoms with Gasteiger partial charge in [-0.2, -0.15) is 0 Å². The highest BCUT2D eigenvalue weighted by molar-refractivity contribution is 9.10. The minimum atomic E-state index is -0.892. The molecule has 112 valence electrons. The molecule has 0 aliphatic carbocycles. The molecule has 0 radical (unpaired) electrons. The Morgan fingerprint density at radius 3 is 2.29 bits per heavy atom. The highest BCUT2D eigenvalue weighted by atomic mass is 79.9. The van der Waals surface area contributed by atoms with E-state index in [0.717, 1.165) is 17.7 Å². The van der Waals surface area contributed by atoms with Gasteiger partial charge in [-0.1, -0.05) is 22.0 Å². The van der Waals surface area contributed by atoms with Gasteiger partial charge in [0.25, 0.3) is 0 Å². The smallest absolute Gasteiger partial charge is 0.159 e. The first kappa shape index (κ1) is 16.0. The number of halogens is 4. The Bertz CT molecular complexity index is 614. The van der Waals surface area contributed by atoms with Gasteiger partial charge in [0.05, 0.1) is 0 Å². The first-order valence-electron chi connectivity index (χ1n) is 6.33. The van der Waals surface area contributed by atoms with Crippen LogP contribution in [-0.2, 0) is 12.8 Å². The summed E-state index contributed by atoms with van der Waals surface area (Å²) in [6.07, 6.45) is 0.869. The Morgan fingerprint density at radius 2 is 1.67 bits per heavy atom. The molecule has 2 nitrogen and oxygen atoms in total. The molecule has 0 aliphatic heterocycles. The third-order valence-electron chi connectivity index (χ3n) is 3.11. The lowest BCUT2D eigenvalue weighted by Crippen LogP contribution is -2.38. The third-order valence-corrected chi connectivity index (χ3v) is 3.56. The van der Waals surface area contributed by atoms with Crippen molar-refractivity contribution < 1.29 is 13.2 Å². The van der Waals surface area contributed by atoms with Crippen LogP contribution < -0.4 is 11.3 Å². The fraction of sp³-hybridized carbons (Fsp3) is 0.200. The average Bonchev–Trinajstić information content (AvgIpc) is 2.41. The Kier molecular flexibility index (Phi) is 5.39. The van der Waals surface area contributed by atoms with Gasteiger partial charge >= 0.3 is 0 Å². The quantitative estimate of drug-likeness (QED) is 0.634. The average molecular weight is 359 g/mol. The van der Waals surface area contributed by atoms with Crippen molar-refractivity contribution >= 4 is 15.9 Å². The van der Waals surface area contributed by atoms with Crippen LogP contribution in [-0.4, -0.2) is 6.04 Å². The zero-order valence-electron chi connectivity index (χ0n) is 11.0. The summed E-state index contributed by atoms with van der Waals surface area (Å²) in [6, 6.07) is 8.08. The molecule has 0 saturated heterocycles.